The number of carbonyl (C=O) groups is 1. The Labute approximate surface area is 131 Å². The number of benzene rings is 2. The van der Waals surface area contributed by atoms with Gasteiger partial charge in [0, 0.05) is 16.8 Å². The van der Waals surface area contributed by atoms with Crippen LogP contribution in [0.3, 0.4) is 0 Å². The Balaban J connectivity index is 1.99. The zero-order valence-corrected chi connectivity index (χ0v) is 12.5. The fraction of sp³-hybridized carbons (Fsp3) is 0.133. The molecule has 0 aliphatic heterocycles. The van der Waals surface area contributed by atoms with Crippen LogP contribution < -0.4 is 10.1 Å². The topological polar surface area (TPSA) is 81.5 Å². The molecule has 1 N–H and O–H groups in total. The molecule has 2 aromatic carbocycles. The first-order chi connectivity index (χ1) is 10.5. The summed E-state index contributed by atoms with van der Waals surface area (Å²) < 4.78 is 5.23. The van der Waals surface area contributed by atoms with E-state index in [2.05, 4.69) is 5.32 Å². The van der Waals surface area contributed by atoms with Gasteiger partial charge in [-0.1, -0.05) is 17.7 Å². The Morgan fingerprint density at radius 1 is 1.27 bits per heavy atom. The lowest BCUT2D eigenvalue weighted by molar-refractivity contribution is -0.385. The van der Waals surface area contributed by atoms with E-state index in [4.69, 9.17) is 16.3 Å². The van der Waals surface area contributed by atoms with Crippen LogP contribution in [0.1, 0.15) is 5.56 Å². The van der Waals surface area contributed by atoms with Gasteiger partial charge < -0.3 is 10.1 Å². The van der Waals surface area contributed by atoms with Crippen molar-refractivity contribution in [2.75, 3.05) is 11.9 Å². The van der Waals surface area contributed by atoms with Crippen molar-refractivity contribution in [1.29, 1.82) is 0 Å². The van der Waals surface area contributed by atoms with Crippen LogP contribution in [-0.4, -0.2) is 17.4 Å². The van der Waals surface area contributed by atoms with Crippen molar-refractivity contribution in [3.8, 4) is 5.75 Å². The van der Waals surface area contributed by atoms with E-state index in [1.165, 1.54) is 12.1 Å². The molecule has 0 aliphatic carbocycles. The predicted octanol–water partition coefficient (Wildman–Crippen LogP) is 3.57. The minimum absolute atomic E-state index is 0.0573. The number of amides is 1. The molecule has 6 nitrogen and oxygen atoms in total. The van der Waals surface area contributed by atoms with Gasteiger partial charge in [0.05, 0.1) is 4.92 Å². The van der Waals surface area contributed by atoms with Gasteiger partial charge in [-0.3, -0.25) is 14.9 Å². The highest BCUT2D eigenvalue weighted by molar-refractivity contribution is 6.30. The minimum atomic E-state index is -0.542. The molecule has 22 heavy (non-hydrogen) atoms. The summed E-state index contributed by atoms with van der Waals surface area (Å²) in [4.78, 5) is 22.2. The fourth-order valence-corrected chi connectivity index (χ4v) is 1.89. The molecule has 0 saturated heterocycles. The average molecular weight is 321 g/mol. The van der Waals surface area contributed by atoms with Crippen molar-refractivity contribution in [1.82, 2.24) is 0 Å². The first-order valence-electron chi connectivity index (χ1n) is 6.39. The van der Waals surface area contributed by atoms with E-state index in [9.17, 15) is 14.9 Å². The largest absolute Gasteiger partial charge is 0.477 e. The maximum absolute atomic E-state index is 11.8. The van der Waals surface area contributed by atoms with Crippen molar-refractivity contribution in [2.45, 2.75) is 6.92 Å². The number of halogens is 1. The van der Waals surface area contributed by atoms with Crippen molar-refractivity contribution in [2.24, 2.45) is 0 Å². The standard InChI is InChI=1S/C15H13ClN2O4/c1-10-2-7-14(13(8-10)18(20)21)22-9-15(19)17-12-5-3-11(16)4-6-12/h2-8H,9H2,1H3,(H,17,19). The molecule has 0 bridgehead atoms. The van der Waals surface area contributed by atoms with Crippen LogP contribution in [0.2, 0.25) is 5.02 Å². The zero-order chi connectivity index (χ0) is 16.1. The van der Waals surface area contributed by atoms with Gasteiger partial charge in [-0.25, -0.2) is 0 Å². The number of hydrogen-bond donors (Lipinski definition) is 1. The van der Waals surface area contributed by atoms with Gasteiger partial charge in [0.1, 0.15) is 0 Å². The highest BCUT2D eigenvalue weighted by Crippen LogP contribution is 2.27. The van der Waals surface area contributed by atoms with Crippen LogP contribution in [0.4, 0.5) is 11.4 Å². The zero-order valence-electron chi connectivity index (χ0n) is 11.7. The fourth-order valence-electron chi connectivity index (χ4n) is 1.77. The lowest BCUT2D eigenvalue weighted by Gasteiger charge is -2.08. The lowest BCUT2D eigenvalue weighted by atomic mass is 10.2. The maximum Gasteiger partial charge on any atom is 0.311 e. The number of nitro benzene ring substituents is 1. The SMILES string of the molecule is Cc1ccc(OCC(=O)Nc2ccc(Cl)cc2)c([N+](=O)[O-])c1. The highest BCUT2D eigenvalue weighted by atomic mass is 35.5. The number of anilines is 1. The van der Waals surface area contributed by atoms with Crippen LogP contribution in [0.5, 0.6) is 5.75 Å². The maximum atomic E-state index is 11.8. The summed E-state index contributed by atoms with van der Waals surface area (Å²) in [5.74, 6) is -0.362. The Morgan fingerprint density at radius 2 is 1.95 bits per heavy atom. The lowest BCUT2D eigenvalue weighted by Crippen LogP contribution is -2.20. The van der Waals surface area contributed by atoms with Gasteiger partial charge in [0.15, 0.2) is 12.4 Å². The van der Waals surface area contributed by atoms with Gasteiger partial charge in [0.25, 0.3) is 5.91 Å². The van der Waals surface area contributed by atoms with Crippen molar-refractivity contribution >= 4 is 28.9 Å². The third-order valence-corrected chi connectivity index (χ3v) is 3.05. The third-order valence-electron chi connectivity index (χ3n) is 2.80. The normalized spacial score (nSPS) is 10.1. The summed E-state index contributed by atoms with van der Waals surface area (Å²) in [6.45, 7) is 1.41. The number of nitrogens with one attached hydrogen (secondary N) is 1. The molecule has 114 valence electrons. The molecule has 2 rings (SSSR count). The Hall–Kier alpha value is -2.60. The molecule has 1 amide bonds. The smallest absolute Gasteiger partial charge is 0.311 e. The van der Waals surface area contributed by atoms with Gasteiger partial charge in [-0.05, 0) is 42.8 Å². The number of carbonyl (C=O) groups excluding carboxylic acids is 1. The number of nitrogens with zero attached hydrogens (tertiary/aromatic N) is 1. The number of nitro groups is 1. The second kappa shape index (κ2) is 6.91. The van der Waals surface area contributed by atoms with Crippen LogP contribution >= 0.6 is 11.6 Å². The van der Waals surface area contributed by atoms with E-state index in [0.717, 1.165) is 5.56 Å². The van der Waals surface area contributed by atoms with Crippen LogP contribution in [0.25, 0.3) is 0 Å². The van der Waals surface area contributed by atoms with E-state index in [1.54, 1.807) is 37.3 Å². The van der Waals surface area contributed by atoms with Gasteiger partial charge in [-0.15, -0.1) is 0 Å². The molecule has 0 fully saturated rings. The Bertz CT molecular complexity index is 701. The Morgan fingerprint density at radius 3 is 2.59 bits per heavy atom. The molecule has 0 saturated carbocycles. The van der Waals surface area contributed by atoms with Gasteiger partial charge >= 0.3 is 5.69 Å². The second-order valence-corrected chi connectivity index (χ2v) is 5.01. The molecule has 2 aromatic rings. The van der Waals surface area contributed by atoms with Gasteiger partial charge in [0.2, 0.25) is 0 Å². The highest BCUT2D eigenvalue weighted by Gasteiger charge is 2.16. The quantitative estimate of drug-likeness (QED) is 0.674. The molecule has 0 aliphatic rings. The molecule has 0 aromatic heterocycles. The summed E-state index contributed by atoms with van der Waals surface area (Å²) in [5, 5.41) is 14.1. The molecule has 7 heteroatoms. The van der Waals surface area contributed by atoms with Crippen LogP contribution in [0.15, 0.2) is 42.5 Å². The van der Waals surface area contributed by atoms with Crippen LogP contribution in [-0.2, 0) is 4.79 Å². The molecule has 0 radical (unpaired) electrons. The van der Waals surface area contributed by atoms with E-state index in [1.807, 2.05) is 0 Å². The number of aryl methyl sites for hydroxylation is 1. The van der Waals surface area contributed by atoms with Crippen molar-refractivity contribution in [3.63, 3.8) is 0 Å². The monoisotopic (exact) mass is 320 g/mol. The summed E-state index contributed by atoms with van der Waals surface area (Å²) in [7, 11) is 0. The minimum Gasteiger partial charge on any atom is -0.477 e. The molecular weight excluding hydrogens is 308 g/mol. The first kappa shape index (κ1) is 15.8. The number of ether oxygens (including phenoxy) is 1. The molecular formula is C15H13ClN2O4. The van der Waals surface area contributed by atoms with Crippen molar-refractivity contribution in [3.05, 3.63) is 63.2 Å². The van der Waals surface area contributed by atoms with E-state index >= 15 is 0 Å². The molecule has 0 spiro atoms. The summed E-state index contributed by atoms with van der Waals surface area (Å²) in [6, 6.07) is 11.1. The number of hydrogen-bond acceptors (Lipinski definition) is 4. The first-order valence-corrected chi connectivity index (χ1v) is 6.77. The summed E-state index contributed by atoms with van der Waals surface area (Å²) in [6.07, 6.45) is 0. The summed E-state index contributed by atoms with van der Waals surface area (Å²) in [5.41, 5.74) is 1.14. The molecule has 0 unspecified atom stereocenters. The predicted molar refractivity (Wildman–Crippen MR) is 83.4 cm³/mol. The third kappa shape index (κ3) is 4.20. The Kier molecular flexibility index (Phi) is 4.95. The van der Waals surface area contributed by atoms with E-state index < -0.39 is 10.8 Å². The molecule has 0 atom stereocenters. The molecule has 0 heterocycles. The summed E-state index contributed by atoms with van der Waals surface area (Å²) >= 11 is 5.75. The number of rotatable bonds is 5. The van der Waals surface area contributed by atoms with Crippen LogP contribution in [0, 0.1) is 17.0 Å². The average Bonchev–Trinajstić information content (AvgIpc) is 2.48. The second-order valence-electron chi connectivity index (χ2n) is 4.57. The van der Waals surface area contributed by atoms with E-state index in [0.29, 0.717) is 10.7 Å². The van der Waals surface area contributed by atoms with Gasteiger partial charge in [-0.2, -0.15) is 0 Å². The van der Waals surface area contributed by atoms with Crippen molar-refractivity contribution < 1.29 is 14.5 Å². The van der Waals surface area contributed by atoms with E-state index in [-0.39, 0.29) is 18.0 Å².